The van der Waals surface area contributed by atoms with Crippen molar-refractivity contribution in [3.63, 3.8) is 0 Å². The smallest absolute Gasteiger partial charge is 0.124 e. The van der Waals surface area contributed by atoms with Crippen molar-refractivity contribution in [2.75, 3.05) is 18.0 Å². The Bertz CT molecular complexity index is 474. The summed E-state index contributed by atoms with van der Waals surface area (Å²) in [6.07, 6.45) is 4.06. The minimum atomic E-state index is 0.124. The fourth-order valence-electron chi connectivity index (χ4n) is 3.43. The molecule has 2 fully saturated rings. The molecule has 0 bridgehead atoms. The number of rotatable bonds is 2. The fraction of sp³-hybridized carbons (Fsp3) is 0.500. The average Bonchev–Trinajstić information content (AvgIpc) is 2.88. The molecule has 1 saturated heterocycles. The maximum Gasteiger partial charge on any atom is 0.124 e. The van der Waals surface area contributed by atoms with Crippen LogP contribution in [0.2, 0.25) is 5.02 Å². The summed E-state index contributed by atoms with van der Waals surface area (Å²) in [6, 6.07) is 5.60. The van der Waals surface area contributed by atoms with Crippen LogP contribution in [0.5, 0.6) is 0 Å². The number of nitrogens with zero attached hydrogens (tertiary/aromatic N) is 1. The number of fused-ring (bicyclic) bond motifs is 1. The zero-order chi connectivity index (χ0) is 12.7. The molecule has 1 heterocycles. The van der Waals surface area contributed by atoms with E-state index in [0.717, 1.165) is 36.2 Å². The molecule has 0 radical (unpaired) electrons. The highest BCUT2D eigenvalue weighted by Gasteiger charge is 2.36. The standard InChI is InChI=1S/C14H18ClN3/c15-11-4-5-12(14(16)17)13(6-11)18-7-9-2-1-3-10(9)8-18/h4-6,9-10H,1-3,7-8H2,(H3,16,17). The summed E-state index contributed by atoms with van der Waals surface area (Å²) in [5.74, 6) is 1.77. The summed E-state index contributed by atoms with van der Waals surface area (Å²) in [5.41, 5.74) is 7.50. The lowest BCUT2D eigenvalue weighted by molar-refractivity contribution is 0.494. The quantitative estimate of drug-likeness (QED) is 0.637. The van der Waals surface area contributed by atoms with E-state index < -0.39 is 0 Å². The van der Waals surface area contributed by atoms with E-state index in [0.29, 0.717) is 5.02 Å². The third kappa shape index (κ3) is 1.97. The summed E-state index contributed by atoms with van der Waals surface area (Å²) < 4.78 is 0. The van der Waals surface area contributed by atoms with E-state index in [2.05, 4.69) is 4.90 Å². The van der Waals surface area contributed by atoms with Gasteiger partial charge in [0, 0.05) is 29.4 Å². The lowest BCUT2D eigenvalue weighted by Crippen LogP contribution is -2.25. The first kappa shape index (κ1) is 11.8. The highest BCUT2D eigenvalue weighted by Crippen LogP contribution is 2.40. The highest BCUT2D eigenvalue weighted by atomic mass is 35.5. The van der Waals surface area contributed by atoms with E-state index in [9.17, 15) is 0 Å². The Morgan fingerprint density at radius 2 is 1.94 bits per heavy atom. The van der Waals surface area contributed by atoms with E-state index in [1.54, 1.807) is 6.07 Å². The Balaban J connectivity index is 1.92. The maximum absolute atomic E-state index is 7.68. The molecule has 0 amide bonds. The lowest BCUT2D eigenvalue weighted by atomic mass is 10.0. The van der Waals surface area contributed by atoms with Crippen molar-refractivity contribution in [1.82, 2.24) is 0 Å². The molecule has 3 N–H and O–H groups in total. The van der Waals surface area contributed by atoms with Crippen LogP contribution in [0.4, 0.5) is 5.69 Å². The van der Waals surface area contributed by atoms with Gasteiger partial charge in [-0.1, -0.05) is 18.0 Å². The van der Waals surface area contributed by atoms with Gasteiger partial charge < -0.3 is 10.6 Å². The molecular formula is C14H18ClN3. The second-order valence-electron chi connectivity index (χ2n) is 5.43. The van der Waals surface area contributed by atoms with Crippen LogP contribution in [0.3, 0.4) is 0 Å². The van der Waals surface area contributed by atoms with Crippen LogP contribution in [0.25, 0.3) is 0 Å². The van der Waals surface area contributed by atoms with Gasteiger partial charge >= 0.3 is 0 Å². The summed E-state index contributed by atoms with van der Waals surface area (Å²) in [6.45, 7) is 2.18. The monoisotopic (exact) mass is 263 g/mol. The van der Waals surface area contributed by atoms with Crippen LogP contribution in [0, 0.1) is 17.2 Å². The zero-order valence-corrected chi connectivity index (χ0v) is 11.1. The fourth-order valence-corrected chi connectivity index (χ4v) is 3.59. The van der Waals surface area contributed by atoms with Crippen molar-refractivity contribution in [2.24, 2.45) is 17.6 Å². The second kappa shape index (κ2) is 4.47. The zero-order valence-electron chi connectivity index (χ0n) is 10.3. The van der Waals surface area contributed by atoms with Gasteiger partial charge in [-0.3, -0.25) is 5.41 Å². The van der Waals surface area contributed by atoms with E-state index in [1.807, 2.05) is 12.1 Å². The van der Waals surface area contributed by atoms with E-state index in [1.165, 1.54) is 19.3 Å². The van der Waals surface area contributed by atoms with Crippen molar-refractivity contribution in [3.05, 3.63) is 28.8 Å². The van der Waals surface area contributed by atoms with Gasteiger partial charge in [0.15, 0.2) is 0 Å². The first-order valence-corrected chi connectivity index (χ1v) is 6.92. The van der Waals surface area contributed by atoms with Gasteiger partial charge in [0.1, 0.15) is 5.84 Å². The maximum atomic E-state index is 7.68. The molecule has 96 valence electrons. The number of anilines is 1. The number of nitrogen functional groups attached to an aromatic ring is 1. The molecule has 4 heteroatoms. The topological polar surface area (TPSA) is 53.1 Å². The van der Waals surface area contributed by atoms with Crippen molar-refractivity contribution >= 4 is 23.1 Å². The molecule has 2 unspecified atom stereocenters. The Hall–Kier alpha value is -1.22. The summed E-state index contributed by atoms with van der Waals surface area (Å²) in [4.78, 5) is 2.36. The number of halogens is 1. The Morgan fingerprint density at radius 1 is 1.28 bits per heavy atom. The average molecular weight is 264 g/mol. The number of hydrogen-bond acceptors (Lipinski definition) is 2. The third-order valence-electron chi connectivity index (χ3n) is 4.32. The molecule has 0 aromatic heterocycles. The normalized spacial score (nSPS) is 26.4. The van der Waals surface area contributed by atoms with Gasteiger partial charge in [0.2, 0.25) is 0 Å². The summed E-state index contributed by atoms with van der Waals surface area (Å²) >= 11 is 6.08. The van der Waals surface area contributed by atoms with Crippen LogP contribution < -0.4 is 10.6 Å². The molecule has 1 aromatic carbocycles. The molecule has 3 rings (SSSR count). The molecular weight excluding hydrogens is 246 g/mol. The van der Waals surface area contributed by atoms with E-state index in [4.69, 9.17) is 22.7 Å². The first-order chi connectivity index (χ1) is 8.65. The van der Waals surface area contributed by atoms with Crippen molar-refractivity contribution in [3.8, 4) is 0 Å². The number of hydrogen-bond donors (Lipinski definition) is 2. The highest BCUT2D eigenvalue weighted by molar-refractivity contribution is 6.31. The minimum absolute atomic E-state index is 0.124. The molecule has 3 nitrogen and oxygen atoms in total. The Morgan fingerprint density at radius 3 is 2.56 bits per heavy atom. The van der Waals surface area contributed by atoms with E-state index >= 15 is 0 Å². The van der Waals surface area contributed by atoms with E-state index in [-0.39, 0.29) is 5.84 Å². The van der Waals surface area contributed by atoms with Crippen molar-refractivity contribution in [2.45, 2.75) is 19.3 Å². The first-order valence-electron chi connectivity index (χ1n) is 6.54. The summed E-state index contributed by atoms with van der Waals surface area (Å²) in [7, 11) is 0. The molecule has 0 spiro atoms. The molecule has 2 atom stereocenters. The third-order valence-corrected chi connectivity index (χ3v) is 4.55. The van der Waals surface area contributed by atoms with Gasteiger partial charge in [-0.15, -0.1) is 0 Å². The predicted molar refractivity (Wildman–Crippen MR) is 75.5 cm³/mol. The van der Waals surface area contributed by atoms with Gasteiger partial charge in [-0.25, -0.2) is 0 Å². The van der Waals surface area contributed by atoms with Gasteiger partial charge in [-0.05, 0) is 42.9 Å². The number of amidine groups is 1. The predicted octanol–water partition coefficient (Wildman–Crippen LogP) is 2.86. The molecule has 1 aliphatic carbocycles. The summed E-state index contributed by atoms with van der Waals surface area (Å²) in [5, 5.41) is 8.39. The number of nitrogens with two attached hydrogens (primary N) is 1. The van der Waals surface area contributed by atoms with Crippen molar-refractivity contribution < 1.29 is 0 Å². The molecule has 1 aliphatic heterocycles. The lowest BCUT2D eigenvalue weighted by Gasteiger charge is -2.22. The van der Waals surface area contributed by atoms with Crippen LogP contribution >= 0.6 is 11.6 Å². The SMILES string of the molecule is N=C(N)c1ccc(Cl)cc1N1CC2CCCC2C1. The van der Waals surface area contributed by atoms with Gasteiger partial charge in [0.05, 0.1) is 0 Å². The molecule has 1 saturated carbocycles. The van der Waals surface area contributed by atoms with Crippen molar-refractivity contribution in [1.29, 1.82) is 5.41 Å². The van der Waals surface area contributed by atoms with Crippen LogP contribution in [-0.2, 0) is 0 Å². The number of nitrogens with one attached hydrogen (secondary N) is 1. The molecule has 2 aliphatic rings. The van der Waals surface area contributed by atoms with Crippen LogP contribution in [0.15, 0.2) is 18.2 Å². The molecule has 18 heavy (non-hydrogen) atoms. The number of benzene rings is 1. The largest absolute Gasteiger partial charge is 0.384 e. The minimum Gasteiger partial charge on any atom is -0.384 e. The Kier molecular flexibility index (Phi) is 2.94. The van der Waals surface area contributed by atoms with Crippen LogP contribution in [-0.4, -0.2) is 18.9 Å². The second-order valence-corrected chi connectivity index (χ2v) is 5.87. The molecule has 1 aromatic rings. The van der Waals surface area contributed by atoms with Gasteiger partial charge in [-0.2, -0.15) is 0 Å². The van der Waals surface area contributed by atoms with Crippen LogP contribution in [0.1, 0.15) is 24.8 Å². The van der Waals surface area contributed by atoms with Gasteiger partial charge in [0.25, 0.3) is 0 Å². The Labute approximate surface area is 112 Å².